The van der Waals surface area contributed by atoms with E-state index in [9.17, 15) is 9.90 Å². The molecule has 6 heteroatoms. The van der Waals surface area contributed by atoms with Crippen LogP contribution in [0, 0.1) is 5.92 Å². The molecule has 100 valence electrons. The Kier molecular flexibility index (Phi) is 4.29. The number of hydrogen-bond acceptors (Lipinski definition) is 4. The van der Waals surface area contributed by atoms with E-state index in [0.29, 0.717) is 18.7 Å². The molecule has 18 heavy (non-hydrogen) atoms. The van der Waals surface area contributed by atoms with Crippen LogP contribution in [0.15, 0.2) is 18.5 Å². The second-order valence-electron chi connectivity index (χ2n) is 4.88. The summed E-state index contributed by atoms with van der Waals surface area (Å²) in [6.45, 7) is 3.38. The highest BCUT2D eigenvalue weighted by Gasteiger charge is 2.39. The van der Waals surface area contributed by atoms with Crippen LogP contribution in [0.4, 0.5) is 0 Å². The lowest BCUT2D eigenvalue weighted by atomic mass is 10.0. The lowest BCUT2D eigenvalue weighted by molar-refractivity contribution is -0.137. The van der Waals surface area contributed by atoms with Crippen LogP contribution in [-0.4, -0.2) is 44.4 Å². The van der Waals surface area contributed by atoms with Gasteiger partial charge in [0.15, 0.2) is 5.60 Å². The minimum Gasteiger partial charge on any atom is -0.379 e. The summed E-state index contributed by atoms with van der Waals surface area (Å²) in [5, 5.41) is 17.0. The van der Waals surface area contributed by atoms with Crippen molar-refractivity contribution in [3.05, 3.63) is 18.5 Å². The van der Waals surface area contributed by atoms with Gasteiger partial charge in [0.2, 0.25) is 0 Å². The predicted molar refractivity (Wildman–Crippen MR) is 71.3 cm³/mol. The minimum atomic E-state index is -1.16. The average Bonchev–Trinajstić information content (AvgIpc) is 2.98. The third kappa shape index (κ3) is 3.26. The van der Waals surface area contributed by atoms with Crippen molar-refractivity contribution in [1.82, 2.24) is 15.1 Å². The second-order valence-corrected chi connectivity index (χ2v) is 5.98. The van der Waals surface area contributed by atoms with Crippen molar-refractivity contribution in [2.75, 3.05) is 18.1 Å². The molecule has 0 aliphatic carbocycles. The molecular weight excluding hydrogens is 250 g/mol. The molecule has 1 aliphatic heterocycles. The quantitative estimate of drug-likeness (QED) is 0.817. The molecule has 2 heterocycles. The maximum Gasteiger partial charge on any atom is 0.252 e. The van der Waals surface area contributed by atoms with Gasteiger partial charge in [-0.05, 0) is 24.2 Å². The fraction of sp³-hybridized carbons (Fsp3) is 0.667. The van der Waals surface area contributed by atoms with Crippen LogP contribution in [0.2, 0.25) is 0 Å². The number of rotatable bonds is 5. The molecule has 2 unspecified atom stereocenters. The van der Waals surface area contributed by atoms with Gasteiger partial charge in [0.1, 0.15) is 0 Å². The predicted octanol–water partition coefficient (Wildman–Crippen LogP) is 0.503. The van der Waals surface area contributed by atoms with Gasteiger partial charge in [-0.1, -0.05) is 6.92 Å². The minimum absolute atomic E-state index is 0.236. The van der Waals surface area contributed by atoms with Gasteiger partial charge in [-0.2, -0.15) is 16.9 Å². The highest BCUT2D eigenvalue weighted by molar-refractivity contribution is 7.99. The third-order valence-electron chi connectivity index (χ3n) is 3.09. The van der Waals surface area contributed by atoms with Crippen LogP contribution in [0.25, 0.3) is 0 Å². The first kappa shape index (κ1) is 13.4. The maximum atomic E-state index is 11.9. The van der Waals surface area contributed by atoms with E-state index in [-0.39, 0.29) is 11.8 Å². The fourth-order valence-electron chi connectivity index (χ4n) is 1.96. The molecule has 2 rings (SSSR count). The van der Waals surface area contributed by atoms with Crippen molar-refractivity contribution >= 4 is 17.7 Å². The summed E-state index contributed by atoms with van der Waals surface area (Å²) in [4.78, 5) is 11.9. The zero-order valence-electron chi connectivity index (χ0n) is 10.5. The van der Waals surface area contributed by atoms with Crippen molar-refractivity contribution in [3.8, 4) is 0 Å². The highest BCUT2D eigenvalue weighted by Crippen LogP contribution is 2.27. The standard InChI is InChI=1S/C12H19N3O2S/c1-10(8-15-5-2-4-14-15)7-13-11(16)12(17)3-6-18-9-12/h2,4-5,10,17H,3,6-9H2,1H3,(H,13,16). The van der Waals surface area contributed by atoms with E-state index in [4.69, 9.17) is 0 Å². The number of hydrogen-bond donors (Lipinski definition) is 2. The Labute approximate surface area is 111 Å². The fourth-order valence-corrected chi connectivity index (χ4v) is 3.20. The van der Waals surface area contributed by atoms with Crippen LogP contribution >= 0.6 is 11.8 Å². The van der Waals surface area contributed by atoms with E-state index in [2.05, 4.69) is 17.3 Å². The van der Waals surface area contributed by atoms with Crippen LogP contribution in [0.5, 0.6) is 0 Å². The number of amides is 1. The Morgan fingerprint density at radius 1 is 1.72 bits per heavy atom. The molecule has 0 radical (unpaired) electrons. The SMILES string of the molecule is CC(CNC(=O)C1(O)CCSC1)Cn1cccn1. The summed E-state index contributed by atoms with van der Waals surface area (Å²) in [7, 11) is 0. The molecule has 0 spiro atoms. The maximum absolute atomic E-state index is 11.9. The number of aliphatic hydroxyl groups is 1. The number of thioether (sulfide) groups is 1. The van der Waals surface area contributed by atoms with E-state index in [0.717, 1.165) is 12.3 Å². The van der Waals surface area contributed by atoms with Gasteiger partial charge in [0.25, 0.3) is 5.91 Å². The summed E-state index contributed by atoms with van der Waals surface area (Å²) >= 11 is 1.62. The molecule has 0 saturated carbocycles. The first-order chi connectivity index (χ1) is 8.60. The van der Waals surface area contributed by atoms with Crippen LogP contribution in [0.3, 0.4) is 0 Å². The Bertz CT molecular complexity index is 388. The van der Waals surface area contributed by atoms with Crippen molar-refractivity contribution in [3.63, 3.8) is 0 Å². The molecule has 1 amide bonds. The molecule has 0 bridgehead atoms. The van der Waals surface area contributed by atoms with Gasteiger partial charge < -0.3 is 10.4 Å². The molecule has 5 nitrogen and oxygen atoms in total. The molecule has 2 atom stereocenters. The molecular formula is C12H19N3O2S. The molecule has 0 aromatic carbocycles. The third-order valence-corrected chi connectivity index (χ3v) is 4.27. The van der Waals surface area contributed by atoms with Crippen molar-refractivity contribution in [2.45, 2.75) is 25.5 Å². The van der Waals surface area contributed by atoms with Gasteiger partial charge in [-0.3, -0.25) is 9.48 Å². The average molecular weight is 269 g/mol. The Morgan fingerprint density at radius 3 is 3.17 bits per heavy atom. The largest absolute Gasteiger partial charge is 0.379 e. The number of aromatic nitrogens is 2. The lowest BCUT2D eigenvalue weighted by Crippen LogP contribution is -2.48. The zero-order chi connectivity index (χ0) is 13.0. The summed E-state index contributed by atoms with van der Waals surface area (Å²) < 4.78 is 1.84. The van der Waals surface area contributed by atoms with Crippen LogP contribution in [-0.2, 0) is 11.3 Å². The number of carbonyl (C=O) groups is 1. The van der Waals surface area contributed by atoms with Gasteiger partial charge in [0, 0.05) is 31.2 Å². The summed E-state index contributed by atoms with van der Waals surface area (Å²) in [5.41, 5.74) is -1.16. The Hall–Kier alpha value is -1.01. The van der Waals surface area contributed by atoms with Crippen molar-refractivity contribution in [1.29, 1.82) is 0 Å². The summed E-state index contributed by atoms with van der Waals surface area (Å²) in [5.74, 6) is 1.41. The number of nitrogens with zero attached hydrogens (tertiary/aromatic N) is 2. The first-order valence-corrected chi connectivity index (χ1v) is 7.31. The zero-order valence-corrected chi connectivity index (χ0v) is 11.3. The molecule has 1 aliphatic rings. The van der Waals surface area contributed by atoms with Crippen LogP contribution < -0.4 is 5.32 Å². The highest BCUT2D eigenvalue weighted by atomic mass is 32.2. The molecule has 1 aromatic rings. The molecule has 1 aromatic heterocycles. The molecule has 2 N–H and O–H groups in total. The van der Waals surface area contributed by atoms with Gasteiger partial charge in [0.05, 0.1) is 0 Å². The second kappa shape index (κ2) is 5.75. The smallest absolute Gasteiger partial charge is 0.252 e. The summed E-state index contributed by atoms with van der Waals surface area (Å²) in [6, 6.07) is 1.88. The Balaban J connectivity index is 1.75. The first-order valence-electron chi connectivity index (χ1n) is 6.16. The summed E-state index contributed by atoms with van der Waals surface area (Å²) in [6.07, 6.45) is 4.19. The van der Waals surface area contributed by atoms with Gasteiger partial charge >= 0.3 is 0 Å². The van der Waals surface area contributed by atoms with Gasteiger partial charge in [-0.15, -0.1) is 0 Å². The lowest BCUT2D eigenvalue weighted by Gasteiger charge is -2.21. The molecule has 1 fully saturated rings. The Morgan fingerprint density at radius 2 is 2.56 bits per heavy atom. The van der Waals surface area contributed by atoms with E-state index in [1.54, 1.807) is 18.0 Å². The van der Waals surface area contributed by atoms with Gasteiger partial charge in [-0.25, -0.2) is 0 Å². The van der Waals surface area contributed by atoms with E-state index in [1.165, 1.54) is 0 Å². The van der Waals surface area contributed by atoms with E-state index in [1.807, 2.05) is 16.9 Å². The number of nitrogens with one attached hydrogen (secondary N) is 1. The van der Waals surface area contributed by atoms with Crippen molar-refractivity contribution < 1.29 is 9.90 Å². The number of carbonyl (C=O) groups excluding carboxylic acids is 1. The molecule has 1 saturated heterocycles. The van der Waals surface area contributed by atoms with Crippen LogP contribution in [0.1, 0.15) is 13.3 Å². The van der Waals surface area contributed by atoms with E-state index >= 15 is 0 Å². The normalized spacial score (nSPS) is 25.0. The monoisotopic (exact) mass is 269 g/mol. The topological polar surface area (TPSA) is 67.2 Å². The van der Waals surface area contributed by atoms with E-state index < -0.39 is 5.60 Å². The van der Waals surface area contributed by atoms with Crippen molar-refractivity contribution in [2.24, 2.45) is 5.92 Å².